The van der Waals surface area contributed by atoms with E-state index in [0.717, 1.165) is 12.0 Å². The predicted molar refractivity (Wildman–Crippen MR) is 75.6 cm³/mol. The van der Waals surface area contributed by atoms with Crippen molar-refractivity contribution in [1.82, 2.24) is 0 Å². The minimum atomic E-state index is -0.129. The summed E-state index contributed by atoms with van der Waals surface area (Å²) in [4.78, 5) is 0. The summed E-state index contributed by atoms with van der Waals surface area (Å²) in [5.41, 5.74) is 6.81. The van der Waals surface area contributed by atoms with Crippen molar-refractivity contribution in [2.75, 3.05) is 7.11 Å². The molecule has 0 spiro atoms. The van der Waals surface area contributed by atoms with Crippen molar-refractivity contribution in [2.24, 2.45) is 5.73 Å². The molecular weight excluding hydrogens is 250 g/mol. The van der Waals surface area contributed by atoms with Gasteiger partial charge in [-0.25, -0.2) is 0 Å². The van der Waals surface area contributed by atoms with E-state index >= 15 is 0 Å². The molecule has 0 saturated heterocycles. The quantitative estimate of drug-likeness (QED) is 0.807. The highest BCUT2D eigenvalue weighted by molar-refractivity contribution is 6.32. The van der Waals surface area contributed by atoms with Crippen LogP contribution in [0.25, 0.3) is 0 Å². The molecule has 0 aliphatic rings. The maximum atomic E-state index is 6.22. The summed E-state index contributed by atoms with van der Waals surface area (Å²) in [7, 11) is 1.59. The Morgan fingerprint density at radius 3 is 2.61 bits per heavy atom. The first-order valence-electron chi connectivity index (χ1n) is 5.89. The second-order valence-corrected chi connectivity index (χ2v) is 4.76. The molecule has 0 heterocycles. The highest BCUT2D eigenvalue weighted by Gasteiger charge is 2.14. The molecule has 0 aliphatic heterocycles. The van der Waals surface area contributed by atoms with Crippen molar-refractivity contribution in [3.63, 3.8) is 0 Å². The third-order valence-corrected chi connectivity index (χ3v) is 2.76. The number of benzene rings is 1. The first-order valence-corrected chi connectivity index (χ1v) is 6.27. The number of methoxy groups -OCH3 is 1. The predicted octanol–water partition coefficient (Wildman–Crippen LogP) is 3.19. The van der Waals surface area contributed by atoms with Gasteiger partial charge >= 0.3 is 0 Å². The Kier molecular flexibility index (Phi) is 5.51. The van der Waals surface area contributed by atoms with Gasteiger partial charge in [0.15, 0.2) is 11.5 Å². The number of halogens is 1. The summed E-state index contributed by atoms with van der Waals surface area (Å²) in [6.45, 7) is 7.51. The van der Waals surface area contributed by atoms with Gasteiger partial charge in [0.1, 0.15) is 6.10 Å². The Balaban J connectivity index is 3.07. The van der Waals surface area contributed by atoms with E-state index in [4.69, 9.17) is 26.8 Å². The minimum Gasteiger partial charge on any atom is -0.493 e. The van der Waals surface area contributed by atoms with Crippen LogP contribution in [0, 0.1) is 0 Å². The largest absolute Gasteiger partial charge is 0.493 e. The van der Waals surface area contributed by atoms with Gasteiger partial charge in [0.05, 0.1) is 12.1 Å². The van der Waals surface area contributed by atoms with Gasteiger partial charge in [-0.3, -0.25) is 0 Å². The minimum absolute atomic E-state index is 0.0737. The number of nitrogens with two attached hydrogens (primary N) is 1. The molecule has 1 aromatic rings. The van der Waals surface area contributed by atoms with Crippen molar-refractivity contribution in [2.45, 2.75) is 32.4 Å². The van der Waals surface area contributed by atoms with Crippen molar-refractivity contribution in [3.05, 3.63) is 35.4 Å². The first kappa shape index (κ1) is 14.9. The van der Waals surface area contributed by atoms with E-state index in [1.165, 1.54) is 0 Å². The van der Waals surface area contributed by atoms with Crippen LogP contribution in [-0.4, -0.2) is 19.3 Å². The Morgan fingerprint density at radius 2 is 2.11 bits per heavy atom. The Bertz CT molecular complexity index is 419. The zero-order chi connectivity index (χ0) is 13.7. The lowest BCUT2D eigenvalue weighted by Gasteiger charge is -2.17. The fourth-order valence-corrected chi connectivity index (χ4v) is 1.89. The van der Waals surface area contributed by atoms with Gasteiger partial charge in [0.2, 0.25) is 0 Å². The lowest BCUT2D eigenvalue weighted by molar-refractivity contribution is 0.254. The third-order valence-electron chi connectivity index (χ3n) is 2.48. The molecular formula is C14H20ClNO2. The second kappa shape index (κ2) is 6.66. The highest BCUT2D eigenvalue weighted by Crippen LogP contribution is 2.37. The van der Waals surface area contributed by atoms with E-state index in [1.54, 1.807) is 13.2 Å². The molecule has 2 atom stereocenters. The fraction of sp³-hybridized carbons (Fsp3) is 0.429. The van der Waals surface area contributed by atoms with E-state index in [9.17, 15) is 0 Å². The van der Waals surface area contributed by atoms with Crippen molar-refractivity contribution in [3.8, 4) is 11.5 Å². The summed E-state index contributed by atoms with van der Waals surface area (Å²) in [6, 6.07) is 3.84. The van der Waals surface area contributed by atoms with E-state index in [0.29, 0.717) is 16.5 Å². The van der Waals surface area contributed by atoms with Gasteiger partial charge < -0.3 is 15.2 Å². The monoisotopic (exact) mass is 269 g/mol. The molecule has 0 radical (unpaired) electrons. The molecule has 0 saturated carbocycles. The number of hydrogen-bond acceptors (Lipinski definition) is 3. The molecule has 0 bridgehead atoms. The molecule has 2 N–H and O–H groups in total. The standard InChI is InChI=1S/C14H20ClNO2/c1-5-10(3)18-14-12(15)7-11(6-9(2)16)8-13(14)17-4/h5,7-10H,1,6,16H2,2-4H3. The highest BCUT2D eigenvalue weighted by atomic mass is 35.5. The Morgan fingerprint density at radius 1 is 1.44 bits per heavy atom. The molecule has 4 heteroatoms. The molecule has 2 unspecified atom stereocenters. The van der Waals surface area contributed by atoms with Gasteiger partial charge in [-0.05, 0) is 38.0 Å². The van der Waals surface area contributed by atoms with E-state index in [1.807, 2.05) is 26.0 Å². The van der Waals surface area contributed by atoms with Crippen molar-refractivity contribution < 1.29 is 9.47 Å². The van der Waals surface area contributed by atoms with Gasteiger partial charge in [0.25, 0.3) is 0 Å². The third kappa shape index (κ3) is 3.93. The SMILES string of the molecule is C=CC(C)Oc1c(Cl)cc(CC(C)N)cc1OC. The average molecular weight is 270 g/mol. The maximum Gasteiger partial charge on any atom is 0.180 e. The summed E-state index contributed by atoms with van der Waals surface area (Å²) in [5.74, 6) is 1.16. The van der Waals surface area contributed by atoms with Crippen LogP contribution >= 0.6 is 11.6 Å². The fourth-order valence-electron chi connectivity index (χ4n) is 1.61. The number of hydrogen-bond donors (Lipinski definition) is 1. The van der Waals surface area contributed by atoms with Crippen molar-refractivity contribution >= 4 is 11.6 Å². The molecule has 0 amide bonds. The lowest BCUT2D eigenvalue weighted by Crippen LogP contribution is -2.18. The van der Waals surface area contributed by atoms with Crippen LogP contribution in [0.5, 0.6) is 11.5 Å². The molecule has 1 aromatic carbocycles. The summed E-state index contributed by atoms with van der Waals surface area (Å²) < 4.78 is 11.0. The summed E-state index contributed by atoms with van der Waals surface area (Å²) in [6.07, 6.45) is 2.31. The second-order valence-electron chi connectivity index (χ2n) is 4.35. The Hall–Kier alpha value is -1.19. The van der Waals surface area contributed by atoms with E-state index in [2.05, 4.69) is 6.58 Å². The molecule has 100 valence electrons. The zero-order valence-corrected chi connectivity index (χ0v) is 11.8. The van der Waals surface area contributed by atoms with Gasteiger partial charge in [-0.1, -0.05) is 24.3 Å². The van der Waals surface area contributed by atoms with Crippen LogP contribution in [0.15, 0.2) is 24.8 Å². The van der Waals surface area contributed by atoms with Crippen LogP contribution in [0.1, 0.15) is 19.4 Å². The van der Waals surface area contributed by atoms with Gasteiger partial charge in [-0.2, -0.15) is 0 Å². The van der Waals surface area contributed by atoms with Crippen molar-refractivity contribution in [1.29, 1.82) is 0 Å². The van der Waals surface area contributed by atoms with Crippen LogP contribution in [0.3, 0.4) is 0 Å². The lowest BCUT2D eigenvalue weighted by atomic mass is 10.1. The van der Waals surface area contributed by atoms with Crippen LogP contribution in [-0.2, 0) is 6.42 Å². The number of rotatable bonds is 6. The molecule has 0 aromatic heterocycles. The number of ether oxygens (including phenoxy) is 2. The normalized spacial score (nSPS) is 13.8. The van der Waals surface area contributed by atoms with Gasteiger partial charge in [-0.15, -0.1) is 0 Å². The molecule has 0 fully saturated rings. The topological polar surface area (TPSA) is 44.5 Å². The molecule has 3 nitrogen and oxygen atoms in total. The van der Waals surface area contributed by atoms with E-state index < -0.39 is 0 Å². The average Bonchev–Trinajstić information content (AvgIpc) is 2.31. The maximum absolute atomic E-state index is 6.22. The summed E-state index contributed by atoms with van der Waals surface area (Å²) in [5, 5.41) is 0.527. The molecule has 18 heavy (non-hydrogen) atoms. The smallest absolute Gasteiger partial charge is 0.180 e. The first-order chi connectivity index (χ1) is 8.47. The van der Waals surface area contributed by atoms with E-state index in [-0.39, 0.29) is 12.1 Å². The van der Waals surface area contributed by atoms with Crippen LogP contribution in [0.2, 0.25) is 5.02 Å². The summed E-state index contributed by atoms with van der Waals surface area (Å²) >= 11 is 6.22. The molecule has 0 aliphatic carbocycles. The molecule has 1 rings (SSSR count). The Labute approximate surface area is 114 Å². The van der Waals surface area contributed by atoms with Crippen LogP contribution < -0.4 is 15.2 Å². The zero-order valence-electron chi connectivity index (χ0n) is 11.1. The van der Waals surface area contributed by atoms with Gasteiger partial charge in [0, 0.05) is 6.04 Å². The van der Waals surface area contributed by atoms with Crippen LogP contribution in [0.4, 0.5) is 0 Å².